The van der Waals surface area contributed by atoms with E-state index < -0.39 is 10.0 Å². The molecule has 1 aliphatic carbocycles. The summed E-state index contributed by atoms with van der Waals surface area (Å²) < 4.78 is 27.7. The number of hydrogen-bond acceptors (Lipinski definition) is 3. The summed E-state index contributed by atoms with van der Waals surface area (Å²) in [6, 6.07) is 2.16. The summed E-state index contributed by atoms with van der Waals surface area (Å²) in [6.45, 7) is 6.93. The molecule has 1 aromatic heterocycles. The average molecular weight is 299 g/mol. The van der Waals surface area contributed by atoms with Gasteiger partial charge in [0.15, 0.2) is 0 Å². The number of nitrogens with zero attached hydrogens (tertiary/aromatic N) is 1. The Hall–Kier alpha value is -0.850. The van der Waals surface area contributed by atoms with Gasteiger partial charge >= 0.3 is 0 Å². The van der Waals surface area contributed by atoms with Crippen molar-refractivity contribution >= 4 is 10.0 Å². The summed E-state index contributed by atoms with van der Waals surface area (Å²) >= 11 is 0. The van der Waals surface area contributed by atoms with E-state index in [0.29, 0.717) is 6.54 Å². The first kappa shape index (κ1) is 15.5. The standard InChI is InChI=1S/C14H25N3O2S/c1-10-7-11-12(15)8-14(2,3)9-13(11)17(10)5-6-20(18,19)16-4/h7,12,16H,5-6,8-9,15H2,1-4H3. The minimum atomic E-state index is -3.18. The lowest BCUT2D eigenvalue weighted by molar-refractivity contribution is 0.275. The normalized spacial score (nSPS) is 21.8. The van der Waals surface area contributed by atoms with Gasteiger partial charge in [-0.1, -0.05) is 13.8 Å². The van der Waals surface area contributed by atoms with Gasteiger partial charge in [0.25, 0.3) is 0 Å². The molecular weight excluding hydrogens is 274 g/mol. The molecule has 0 saturated heterocycles. The molecule has 0 bridgehead atoms. The fourth-order valence-electron chi connectivity index (χ4n) is 3.13. The molecule has 0 amide bonds. The van der Waals surface area contributed by atoms with Gasteiger partial charge in [0.2, 0.25) is 10.0 Å². The highest BCUT2D eigenvalue weighted by Gasteiger charge is 2.33. The van der Waals surface area contributed by atoms with Gasteiger partial charge in [0, 0.05) is 24.0 Å². The lowest BCUT2D eigenvalue weighted by Gasteiger charge is -2.34. The topological polar surface area (TPSA) is 77.1 Å². The van der Waals surface area contributed by atoms with Gasteiger partial charge in [-0.2, -0.15) is 0 Å². The molecule has 0 radical (unpaired) electrons. The largest absolute Gasteiger partial charge is 0.347 e. The van der Waals surface area contributed by atoms with Crippen LogP contribution in [0, 0.1) is 12.3 Å². The van der Waals surface area contributed by atoms with Crippen molar-refractivity contribution in [3.05, 3.63) is 23.0 Å². The first-order chi connectivity index (χ1) is 9.15. The quantitative estimate of drug-likeness (QED) is 0.880. The zero-order chi connectivity index (χ0) is 15.1. The molecule has 20 heavy (non-hydrogen) atoms. The molecule has 6 heteroatoms. The molecule has 1 aromatic rings. The van der Waals surface area contributed by atoms with Crippen molar-refractivity contribution in [3.63, 3.8) is 0 Å². The van der Waals surface area contributed by atoms with Crippen LogP contribution in [0.5, 0.6) is 0 Å². The van der Waals surface area contributed by atoms with Gasteiger partial charge in [-0.05, 0) is 43.9 Å². The molecule has 1 aliphatic rings. The van der Waals surface area contributed by atoms with E-state index in [4.69, 9.17) is 5.73 Å². The van der Waals surface area contributed by atoms with E-state index in [1.165, 1.54) is 18.3 Å². The summed E-state index contributed by atoms with van der Waals surface area (Å²) in [5, 5.41) is 0. The fourth-order valence-corrected chi connectivity index (χ4v) is 3.76. The molecule has 1 heterocycles. The zero-order valence-corrected chi connectivity index (χ0v) is 13.5. The highest BCUT2D eigenvalue weighted by molar-refractivity contribution is 7.89. The van der Waals surface area contributed by atoms with Crippen molar-refractivity contribution in [1.29, 1.82) is 0 Å². The molecule has 0 spiro atoms. The van der Waals surface area contributed by atoms with Gasteiger partial charge in [0.05, 0.1) is 5.75 Å². The predicted molar refractivity (Wildman–Crippen MR) is 81.0 cm³/mol. The minimum Gasteiger partial charge on any atom is -0.347 e. The number of nitrogens with two attached hydrogens (primary N) is 1. The smallest absolute Gasteiger partial charge is 0.213 e. The van der Waals surface area contributed by atoms with Crippen molar-refractivity contribution < 1.29 is 8.42 Å². The Morgan fingerprint density at radius 2 is 2.15 bits per heavy atom. The van der Waals surface area contributed by atoms with Crippen LogP contribution in [0.25, 0.3) is 0 Å². The second-order valence-corrected chi connectivity index (χ2v) is 8.56. The third-order valence-electron chi connectivity index (χ3n) is 4.16. The van der Waals surface area contributed by atoms with Crippen molar-refractivity contribution in [2.24, 2.45) is 11.1 Å². The first-order valence-electron chi connectivity index (χ1n) is 7.01. The van der Waals surface area contributed by atoms with Gasteiger partial charge in [0.1, 0.15) is 0 Å². The van der Waals surface area contributed by atoms with Gasteiger partial charge in [-0.15, -0.1) is 0 Å². The molecule has 3 N–H and O–H groups in total. The van der Waals surface area contributed by atoms with Gasteiger partial charge < -0.3 is 10.3 Å². The SMILES string of the molecule is CNS(=O)(=O)CCn1c(C)cc2c1CC(C)(C)CC2N. The lowest BCUT2D eigenvalue weighted by Crippen LogP contribution is -2.31. The van der Waals surface area contributed by atoms with Crippen molar-refractivity contribution in [2.45, 2.75) is 46.2 Å². The third kappa shape index (κ3) is 3.07. The predicted octanol–water partition coefficient (Wildman–Crippen LogP) is 1.32. The van der Waals surface area contributed by atoms with Crippen molar-refractivity contribution in [1.82, 2.24) is 9.29 Å². The number of aryl methyl sites for hydroxylation is 1. The van der Waals surface area contributed by atoms with Crippen LogP contribution in [0.15, 0.2) is 6.07 Å². The van der Waals surface area contributed by atoms with E-state index >= 15 is 0 Å². The van der Waals surface area contributed by atoms with Crippen LogP contribution < -0.4 is 10.5 Å². The Balaban J connectivity index is 2.32. The van der Waals surface area contributed by atoms with Crippen LogP contribution in [0.3, 0.4) is 0 Å². The Morgan fingerprint density at radius 3 is 2.75 bits per heavy atom. The molecule has 1 atom stereocenters. The van der Waals surface area contributed by atoms with E-state index in [0.717, 1.165) is 18.5 Å². The van der Waals surface area contributed by atoms with E-state index in [2.05, 4.69) is 29.2 Å². The summed E-state index contributed by atoms with van der Waals surface area (Å²) in [5.74, 6) is 0.0983. The van der Waals surface area contributed by atoms with Gasteiger partial charge in [-0.3, -0.25) is 0 Å². The number of sulfonamides is 1. The molecule has 5 nitrogen and oxygen atoms in total. The number of rotatable bonds is 4. The lowest BCUT2D eigenvalue weighted by atomic mass is 9.74. The van der Waals surface area contributed by atoms with Crippen LogP contribution >= 0.6 is 0 Å². The maximum Gasteiger partial charge on any atom is 0.213 e. The fraction of sp³-hybridized carbons (Fsp3) is 0.714. The van der Waals surface area contributed by atoms with Gasteiger partial charge in [-0.25, -0.2) is 13.1 Å². The first-order valence-corrected chi connectivity index (χ1v) is 8.66. The monoisotopic (exact) mass is 299 g/mol. The Morgan fingerprint density at radius 1 is 1.50 bits per heavy atom. The van der Waals surface area contributed by atoms with Crippen LogP contribution in [-0.2, 0) is 23.0 Å². The molecule has 0 aliphatic heterocycles. The highest BCUT2D eigenvalue weighted by atomic mass is 32.2. The summed E-state index contributed by atoms with van der Waals surface area (Å²) in [6.07, 6.45) is 1.92. The number of hydrogen-bond donors (Lipinski definition) is 2. The second-order valence-electron chi connectivity index (χ2n) is 6.51. The van der Waals surface area contributed by atoms with Crippen molar-refractivity contribution in [2.75, 3.05) is 12.8 Å². The summed E-state index contributed by atoms with van der Waals surface area (Å²) in [5.41, 5.74) is 9.91. The molecular formula is C14H25N3O2S. The number of nitrogens with one attached hydrogen (secondary N) is 1. The number of fused-ring (bicyclic) bond motifs is 1. The second kappa shape index (κ2) is 5.16. The van der Waals surface area contributed by atoms with E-state index in [9.17, 15) is 8.42 Å². The molecule has 0 saturated carbocycles. The highest BCUT2D eigenvalue weighted by Crippen LogP contribution is 2.40. The molecule has 0 fully saturated rings. The Kier molecular flexibility index (Phi) is 4.01. The Bertz CT molecular complexity index is 602. The molecule has 114 valence electrons. The number of aromatic nitrogens is 1. The summed E-state index contributed by atoms with van der Waals surface area (Å²) in [7, 11) is -1.73. The maximum atomic E-state index is 11.6. The van der Waals surface area contributed by atoms with Crippen molar-refractivity contribution in [3.8, 4) is 0 Å². The molecule has 2 rings (SSSR count). The van der Waals surface area contributed by atoms with Crippen LogP contribution in [0.4, 0.5) is 0 Å². The van der Waals surface area contributed by atoms with E-state index in [-0.39, 0.29) is 17.2 Å². The molecule has 0 aromatic carbocycles. The molecule has 1 unspecified atom stereocenters. The van der Waals surface area contributed by atoms with E-state index in [1.807, 2.05) is 6.92 Å². The van der Waals surface area contributed by atoms with Crippen LogP contribution in [-0.4, -0.2) is 25.8 Å². The van der Waals surface area contributed by atoms with Crippen LogP contribution in [0.1, 0.15) is 43.3 Å². The summed E-state index contributed by atoms with van der Waals surface area (Å²) in [4.78, 5) is 0. The Labute approximate surface area is 121 Å². The zero-order valence-electron chi connectivity index (χ0n) is 12.7. The minimum absolute atomic E-state index is 0.0506. The maximum absolute atomic E-state index is 11.6. The average Bonchev–Trinajstić information content (AvgIpc) is 2.62. The van der Waals surface area contributed by atoms with E-state index in [1.54, 1.807) is 0 Å². The third-order valence-corrected chi connectivity index (χ3v) is 5.50. The van der Waals surface area contributed by atoms with Crippen LogP contribution in [0.2, 0.25) is 0 Å².